The molecule has 1 N–H and O–H groups in total. The molecule has 0 heterocycles. The highest BCUT2D eigenvalue weighted by Crippen LogP contribution is 2.17. The molecule has 144 valence electrons. The van der Waals surface area contributed by atoms with Gasteiger partial charge in [0.05, 0.1) is 17.2 Å². The number of hydrogen-bond acceptors (Lipinski definition) is 4. The molecule has 29 heavy (non-hydrogen) atoms. The maximum atomic E-state index is 12.7. The molecule has 0 fully saturated rings. The van der Waals surface area contributed by atoms with Crippen LogP contribution in [0.2, 0.25) is 0 Å². The zero-order valence-corrected chi connectivity index (χ0v) is 16.0. The number of carbonyl (C=O) groups is 2. The van der Waals surface area contributed by atoms with E-state index in [2.05, 4.69) is 5.32 Å². The Labute approximate surface area is 169 Å². The number of esters is 1. The maximum Gasteiger partial charge on any atom is 0.339 e. The van der Waals surface area contributed by atoms with E-state index in [1.165, 1.54) is 6.92 Å². The molecule has 1 unspecified atom stereocenters. The average Bonchev–Trinajstić information content (AvgIpc) is 2.75. The standard InChI is InChI=1S/C24H20N2O3/c1-17(23(27)26-21-12-7-10-19(15-21)16-25)29-24(28)22-13-6-5-11-20(22)14-18-8-3-2-4-9-18/h2-13,15,17H,14H2,1H3,(H,26,27). The van der Waals surface area contributed by atoms with Crippen LogP contribution in [0.3, 0.4) is 0 Å². The van der Waals surface area contributed by atoms with E-state index in [1.54, 1.807) is 36.4 Å². The molecular formula is C24H20N2O3. The molecule has 0 aliphatic heterocycles. The van der Waals surface area contributed by atoms with Gasteiger partial charge in [0.25, 0.3) is 5.91 Å². The molecule has 0 aliphatic rings. The summed E-state index contributed by atoms with van der Waals surface area (Å²) in [6.45, 7) is 1.52. The highest BCUT2D eigenvalue weighted by molar-refractivity contribution is 5.98. The minimum atomic E-state index is -0.988. The van der Waals surface area contributed by atoms with Crippen LogP contribution in [-0.4, -0.2) is 18.0 Å². The number of nitriles is 1. The number of carbonyl (C=O) groups excluding carboxylic acids is 2. The summed E-state index contributed by atoms with van der Waals surface area (Å²) in [5, 5.41) is 11.6. The lowest BCUT2D eigenvalue weighted by Crippen LogP contribution is -2.30. The highest BCUT2D eigenvalue weighted by atomic mass is 16.5. The molecule has 0 saturated carbocycles. The van der Waals surface area contributed by atoms with Crippen LogP contribution in [0.25, 0.3) is 0 Å². The van der Waals surface area contributed by atoms with Crippen LogP contribution < -0.4 is 5.32 Å². The van der Waals surface area contributed by atoms with Gasteiger partial charge >= 0.3 is 5.97 Å². The smallest absolute Gasteiger partial charge is 0.339 e. The summed E-state index contributed by atoms with van der Waals surface area (Å²) in [5.41, 5.74) is 3.25. The number of ether oxygens (including phenoxy) is 1. The van der Waals surface area contributed by atoms with Gasteiger partial charge in [0.2, 0.25) is 0 Å². The third kappa shape index (κ3) is 5.30. The van der Waals surface area contributed by atoms with Crippen molar-refractivity contribution in [2.45, 2.75) is 19.4 Å². The Morgan fingerprint density at radius 3 is 2.48 bits per heavy atom. The molecule has 5 heteroatoms. The van der Waals surface area contributed by atoms with Crippen molar-refractivity contribution >= 4 is 17.6 Å². The van der Waals surface area contributed by atoms with Gasteiger partial charge < -0.3 is 10.1 Å². The van der Waals surface area contributed by atoms with Gasteiger partial charge in [0, 0.05) is 5.69 Å². The van der Waals surface area contributed by atoms with Crippen LogP contribution in [0.5, 0.6) is 0 Å². The van der Waals surface area contributed by atoms with E-state index in [0.717, 1.165) is 11.1 Å². The molecule has 3 aromatic rings. The molecule has 0 saturated heterocycles. The predicted octanol–water partition coefficient (Wildman–Crippen LogP) is 4.33. The van der Waals surface area contributed by atoms with E-state index in [4.69, 9.17) is 10.00 Å². The minimum absolute atomic E-state index is 0.433. The second kappa shape index (κ2) is 9.34. The topological polar surface area (TPSA) is 79.2 Å². The molecule has 1 atom stereocenters. The first-order valence-corrected chi connectivity index (χ1v) is 9.20. The van der Waals surface area contributed by atoms with Gasteiger partial charge in [-0.2, -0.15) is 5.26 Å². The summed E-state index contributed by atoms with van der Waals surface area (Å²) in [7, 11) is 0. The summed E-state index contributed by atoms with van der Waals surface area (Å²) in [4.78, 5) is 25.1. The van der Waals surface area contributed by atoms with Gasteiger partial charge in [0.1, 0.15) is 0 Å². The molecular weight excluding hydrogens is 364 g/mol. The maximum absolute atomic E-state index is 12.7. The fraction of sp³-hybridized carbons (Fsp3) is 0.125. The Hall–Kier alpha value is -3.91. The highest BCUT2D eigenvalue weighted by Gasteiger charge is 2.21. The van der Waals surface area contributed by atoms with Crippen LogP contribution in [0.4, 0.5) is 5.69 Å². The third-order valence-corrected chi connectivity index (χ3v) is 4.39. The Kier molecular flexibility index (Phi) is 6.39. The quantitative estimate of drug-likeness (QED) is 0.642. The van der Waals surface area contributed by atoms with E-state index in [0.29, 0.717) is 23.2 Å². The van der Waals surface area contributed by atoms with Crippen molar-refractivity contribution in [3.8, 4) is 6.07 Å². The lowest BCUT2D eigenvalue weighted by atomic mass is 10.00. The van der Waals surface area contributed by atoms with Crippen LogP contribution in [0.15, 0.2) is 78.9 Å². The van der Waals surface area contributed by atoms with Crippen molar-refractivity contribution in [3.05, 3.63) is 101 Å². The summed E-state index contributed by atoms with van der Waals surface area (Å²) >= 11 is 0. The van der Waals surface area contributed by atoms with Crippen molar-refractivity contribution in [2.75, 3.05) is 5.32 Å². The molecule has 3 rings (SSSR count). The number of nitrogens with zero attached hydrogens (tertiary/aromatic N) is 1. The first-order chi connectivity index (χ1) is 14.1. The van der Waals surface area contributed by atoms with E-state index >= 15 is 0 Å². The third-order valence-electron chi connectivity index (χ3n) is 4.39. The number of benzene rings is 3. The SMILES string of the molecule is CC(OC(=O)c1ccccc1Cc1ccccc1)C(=O)Nc1cccc(C#N)c1. The lowest BCUT2D eigenvalue weighted by Gasteiger charge is -2.15. The van der Waals surface area contributed by atoms with Crippen molar-refractivity contribution in [3.63, 3.8) is 0 Å². The summed E-state index contributed by atoms with van der Waals surface area (Å²) in [5.74, 6) is -1.01. The molecule has 3 aromatic carbocycles. The second-order valence-electron chi connectivity index (χ2n) is 6.55. The second-order valence-corrected chi connectivity index (χ2v) is 6.55. The average molecular weight is 384 g/mol. The Morgan fingerprint density at radius 2 is 1.72 bits per heavy atom. The van der Waals surface area contributed by atoms with Gasteiger partial charge in [-0.15, -0.1) is 0 Å². The van der Waals surface area contributed by atoms with Crippen molar-refractivity contribution in [1.82, 2.24) is 0 Å². The fourth-order valence-electron chi connectivity index (χ4n) is 2.88. The largest absolute Gasteiger partial charge is 0.449 e. The molecule has 0 aliphatic carbocycles. The number of anilines is 1. The van der Waals surface area contributed by atoms with Crippen LogP contribution >= 0.6 is 0 Å². The first-order valence-electron chi connectivity index (χ1n) is 9.20. The minimum Gasteiger partial charge on any atom is -0.449 e. The zero-order chi connectivity index (χ0) is 20.6. The van der Waals surface area contributed by atoms with Gasteiger partial charge in [-0.1, -0.05) is 54.6 Å². The zero-order valence-electron chi connectivity index (χ0n) is 16.0. The Bertz CT molecular complexity index is 1050. The van der Waals surface area contributed by atoms with Crippen LogP contribution in [-0.2, 0) is 16.0 Å². The van der Waals surface area contributed by atoms with Crippen molar-refractivity contribution < 1.29 is 14.3 Å². The molecule has 0 aromatic heterocycles. The number of nitrogens with one attached hydrogen (secondary N) is 1. The predicted molar refractivity (Wildman–Crippen MR) is 110 cm³/mol. The van der Waals surface area contributed by atoms with E-state index in [9.17, 15) is 9.59 Å². The number of hydrogen-bond donors (Lipinski definition) is 1. The molecule has 0 spiro atoms. The van der Waals surface area contributed by atoms with Gasteiger partial charge in [-0.05, 0) is 48.7 Å². The van der Waals surface area contributed by atoms with Gasteiger partial charge in [0.15, 0.2) is 6.10 Å². The molecule has 0 radical (unpaired) electrons. The fourth-order valence-corrected chi connectivity index (χ4v) is 2.88. The molecule has 0 bridgehead atoms. The summed E-state index contributed by atoms with van der Waals surface area (Å²) < 4.78 is 5.39. The van der Waals surface area contributed by atoms with Gasteiger partial charge in [-0.25, -0.2) is 4.79 Å². The first kappa shape index (κ1) is 19.8. The van der Waals surface area contributed by atoms with Crippen LogP contribution in [0.1, 0.15) is 34.0 Å². The van der Waals surface area contributed by atoms with E-state index in [-0.39, 0.29) is 0 Å². The Morgan fingerprint density at radius 1 is 1.00 bits per heavy atom. The van der Waals surface area contributed by atoms with Gasteiger partial charge in [-0.3, -0.25) is 4.79 Å². The van der Waals surface area contributed by atoms with Crippen molar-refractivity contribution in [2.24, 2.45) is 0 Å². The van der Waals surface area contributed by atoms with E-state index in [1.807, 2.05) is 48.5 Å². The normalized spacial score (nSPS) is 11.2. The summed E-state index contributed by atoms with van der Waals surface area (Å²) in [6.07, 6.45) is -0.397. The number of rotatable bonds is 6. The summed E-state index contributed by atoms with van der Waals surface area (Å²) in [6, 6.07) is 25.6. The number of amides is 1. The monoisotopic (exact) mass is 384 g/mol. The lowest BCUT2D eigenvalue weighted by molar-refractivity contribution is -0.123. The molecule has 1 amide bonds. The Balaban J connectivity index is 1.68. The van der Waals surface area contributed by atoms with Crippen LogP contribution in [0, 0.1) is 11.3 Å². The van der Waals surface area contributed by atoms with Crippen molar-refractivity contribution in [1.29, 1.82) is 5.26 Å². The molecule has 5 nitrogen and oxygen atoms in total. The van der Waals surface area contributed by atoms with E-state index < -0.39 is 18.0 Å².